The largest absolute Gasteiger partial charge is 0.496 e. The highest BCUT2D eigenvalue weighted by Gasteiger charge is 2.11. The first-order valence-corrected chi connectivity index (χ1v) is 7.10. The maximum Gasteiger partial charge on any atom is 0.123 e. The molecule has 21 heavy (non-hydrogen) atoms. The Morgan fingerprint density at radius 1 is 1.29 bits per heavy atom. The van der Waals surface area contributed by atoms with Gasteiger partial charge in [0.1, 0.15) is 16.5 Å². The fourth-order valence-electron chi connectivity index (χ4n) is 2.27. The van der Waals surface area contributed by atoms with Crippen LogP contribution >= 0.6 is 12.2 Å². The smallest absolute Gasteiger partial charge is 0.123 e. The van der Waals surface area contributed by atoms with Crippen LogP contribution in [0.3, 0.4) is 0 Å². The van der Waals surface area contributed by atoms with Gasteiger partial charge in [0.15, 0.2) is 0 Å². The van der Waals surface area contributed by atoms with Crippen molar-refractivity contribution in [3.63, 3.8) is 0 Å². The first-order chi connectivity index (χ1) is 10.0. The topological polar surface area (TPSA) is 51.6 Å². The maximum atomic E-state index is 5.70. The minimum Gasteiger partial charge on any atom is -0.496 e. The molecule has 0 radical (unpaired) electrons. The number of ether oxygens (including phenoxy) is 1. The van der Waals surface area contributed by atoms with Crippen LogP contribution in [0.15, 0.2) is 34.9 Å². The van der Waals surface area contributed by atoms with Crippen molar-refractivity contribution >= 4 is 17.2 Å². The van der Waals surface area contributed by atoms with E-state index < -0.39 is 0 Å². The summed E-state index contributed by atoms with van der Waals surface area (Å²) in [6, 6.07) is 7.76. The molecule has 0 spiro atoms. The van der Waals surface area contributed by atoms with Gasteiger partial charge < -0.3 is 14.9 Å². The SMILES string of the molecule is COc1ccc(C(N)=S)cc1CN(C)Cc1ccoc1C. The van der Waals surface area contributed by atoms with Gasteiger partial charge in [-0.15, -0.1) is 0 Å². The van der Waals surface area contributed by atoms with Crippen molar-refractivity contribution in [2.45, 2.75) is 20.0 Å². The molecular weight excluding hydrogens is 284 g/mol. The zero-order chi connectivity index (χ0) is 15.4. The molecule has 0 amide bonds. The van der Waals surface area contributed by atoms with Crippen LogP contribution in [0.25, 0.3) is 0 Å². The zero-order valence-corrected chi connectivity index (χ0v) is 13.4. The molecule has 1 heterocycles. The first-order valence-electron chi connectivity index (χ1n) is 6.69. The summed E-state index contributed by atoms with van der Waals surface area (Å²) in [7, 11) is 3.72. The Labute approximate surface area is 130 Å². The van der Waals surface area contributed by atoms with Crippen LogP contribution in [0.4, 0.5) is 0 Å². The number of methoxy groups -OCH3 is 1. The van der Waals surface area contributed by atoms with Crippen molar-refractivity contribution < 1.29 is 9.15 Å². The lowest BCUT2D eigenvalue weighted by Crippen LogP contribution is -2.18. The van der Waals surface area contributed by atoms with E-state index in [0.29, 0.717) is 4.99 Å². The average molecular weight is 304 g/mol. The normalized spacial score (nSPS) is 10.9. The van der Waals surface area contributed by atoms with Crippen LogP contribution in [0.2, 0.25) is 0 Å². The molecule has 0 unspecified atom stereocenters. The second-order valence-electron chi connectivity index (χ2n) is 5.07. The minimum atomic E-state index is 0.396. The number of hydrogen-bond acceptors (Lipinski definition) is 4. The maximum absolute atomic E-state index is 5.70. The Morgan fingerprint density at radius 2 is 2.00 bits per heavy atom. The molecule has 2 N–H and O–H groups in total. The number of nitrogens with two attached hydrogens (primary N) is 1. The van der Waals surface area contributed by atoms with Crippen LogP contribution in [-0.4, -0.2) is 24.0 Å². The third-order valence-corrected chi connectivity index (χ3v) is 3.65. The third-order valence-electron chi connectivity index (χ3n) is 3.41. The van der Waals surface area contributed by atoms with Crippen LogP contribution in [0.1, 0.15) is 22.5 Å². The number of aryl methyl sites for hydroxylation is 1. The van der Waals surface area contributed by atoms with E-state index in [9.17, 15) is 0 Å². The lowest BCUT2D eigenvalue weighted by molar-refractivity contribution is 0.308. The van der Waals surface area contributed by atoms with Crippen molar-refractivity contribution in [3.8, 4) is 5.75 Å². The van der Waals surface area contributed by atoms with Crippen molar-refractivity contribution in [3.05, 3.63) is 53.0 Å². The van der Waals surface area contributed by atoms with E-state index >= 15 is 0 Å². The van der Waals surface area contributed by atoms with Gasteiger partial charge in [0.05, 0.1) is 13.4 Å². The second-order valence-corrected chi connectivity index (χ2v) is 5.51. The summed E-state index contributed by atoms with van der Waals surface area (Å²) in [6.07, 6.45) is 1.71. The van der Waals surface area contributed by atoms with Crippen molar-refractivity contribution in [2.24, 2.45) is 5.73 Å². The molecule has 4 nitrogen and oxygen atoms in total. The fourth-order valence-corrected chi connectivity index (χ4v) is 2.40. The van der Waals surface area contributed by atoms with Gasteiger partial charge >= 0.3 is 0 Å². The fraction of sp³-hybridized carbons (Fsp3) is 0.312. The number of hydrogen-bond donors (Lipinski definition) is 1. The van der Waals surface area contributed by atoms with Crippen molar-refractivity contribution in [1.82, 2.24) is 4.90 Å². The second kappa shape index (κ2) is 6.74. The predicted molar refractivity (Wildman–Crippen MR) is 87.5 cm³/mol. The van der Waals surface area contributed by atoms with E-state index in [1.807, 2.05) is 31.2 Å². The van der Waals surface area contributed by atoms with Gasteiger partial charge in [0.2, 0.25) is 0 Å². The Bertz CT molecular complexity index is 637. The van der Waals surface area contributed by atoms with Crippen LogP contribution < -0.4 is 10.5 Å². The summed E-state index contributed by atoms with van der Waals surface area (Å²) in [5.41, 5.74) is 8.80. The average Bonchev–Trinajstić information content (AvgIpc) is 2.84. The van der Waals surface area contributed by atoms with E-state index in [0.717, 1.165) is 35.7 Å². The number of benzene rings is 1. The molecule has 0 saturated carbocycles. The van der Waals surface area contributed by atoms with Gasteiger partial charge in [0, 0.05) is 29.8 Å². The van der Waals surface area contributed by atoms with Gasteiger partial charge in [-0.3, -0.25) is 4.90 Å². The van der Waals surface area contributed by atoms with Crippen molar-refractivity contribution in [2.75, 3.05) is 14.2 Å². The first kappa shape index (κ1) is 15.5. The molecule has 5 heteroatoms. The summed E-state index contributed by atoms with van der Waals surface area (Å²) in [5.74, 6) is 1.79. The molecule has 112 valence electrons. The van der Waals surface area contributed by atoms with Gasteiger partial charge in [-0.2, -0.15) is 0 Å². The Balaban J connectivity index is 2.15. The van der Waals surface area contributed by atoms with Gasteiger partial charge in [-0.1, -0.05) is 12.2 Å². The van der Waals surface area contributed by atoms with Crippen LogP contribution in [-0.2, 0) is 13.1 Å². The molecule has 0 bridgehead atoms. The highest BCUT2D eigenvalue weighted by molar-refractivity contribution is 7.80. The molecule has 0 aliphatic carbocycles. The monoisotopic (exact) mass is 304 g/mol. The Hall–Kier alpha value is -1.85. The van der Waals surface area contributed by atoms with Crippen molar-refractivity contribution in [1.29, 1.82) is 0 Å². The van der Waals surface area contributed by atoms with E-state index in [1.54, 1.807) is 13.4 Å². The molecule has 0 saturated heterocycles. The van der Waals surface area contributed by atoms with E-state index in [-0.39, 0.29) is 0 Å². The van der Waals surface area contributed by atoms with E-state index in [2.05, 4.69) is 11.9 Å². The highest BCUT2D eigenvalue weighted by atomic mass is 32.1. The standard InChI is InChI=1S/C16H20N2O2S/c1-11-13(6-7-20-11)9-18(2)10-14-8-12(16(17)21)4-5-15(14)19-3/h4-8H,9-10H2,1-3H3,(H2,17,21). The molecule has 0 aliphatic rings. The third kappa shape index (κ3) is 3.83. The molecule has 0 aliphatic heterocycles. The molecule has 2 rings (SSSR count). The number of thiocarbonyl (C=S) groups is 1. The molecule has 2 aromatic rings. The summed E-state index contributed by atoms with van der Waals surface area (Å²) in [4.78, 5) is 2.59. The number of nitrogens with zero attached hydrogens (tertiary/aromatic N) is 1. The molecule has 0 fully saturated rings. The summed E-state index contributed by atoms with van der Waals surface area (Å²) in [5, 5.41) is 0. The number of furan rings is 1. The zero-order valence-electron chi connectivity index (χ0n) is 12.6. The van der Waals surface area contributed by atoms with Crippen LogP contribution in [0.5, 0.6) is 5.75 Å². The quantitative estimate of drug-likeness (QED) is 0.832. The highest BCUT2D eigenvalue weighted by Crippen LogP contribution is 2.22. The summed E-state index contributed by atoms with van der Waals surface area (Å²) >= 11 is 5.04. The minimum absolute atomic E-state index is 0.396. The van der Waals surface area contributed by atoms with Gasteiger partial charge in [-0.25, -0.2) is 0 Å². The van der Waals surface area contributed by atoms with Crippen LogP contribution in [0, 0.1) is 6.92 Å². The predicted octanol–water partition coefficient (Wildman–Crippen LogP) is 2.86. The number of rotatable bonds is 6. The van der Waals surface area contributed by atoms with E-state index in [4.69, 9.17) is 27.1 Å². The Morgan fingerprint density at radius 3 is 2.57 bits per heavy atom. The Kier molecular flexibility index (Phi) is 4.98. The molecule has 1 aromatic carbocycles. The van der Waals surface area contributed by atoms with E-state index in [1.165, 1.54) is 5.56 Å². The molecule has 0 atom stereocenters. The summed E-state index contributed by atoms with van der Waals surface area (Å²) in [6.45, 7) is 3.52. The molecule has 1 aromatic heterocycles. The lowest BCUT2D eigenvalue weighted by Gasteiger charge is -2.18. The summed E-state index contributed by atoms with van der Waals surface area (Å²) < 4.78 is 10.7. The van der Waals surface area contributed by atoms with Gasteiger partial charge in [-0.05, 0) is 38.2 Å². The van der Waals surface area contributed by atoms with Gasteiger partial charge in [0.25, 0.3) is 0 Å². The molecular formula is C16H20N2O2S. The lowest BCUT2D eigenvalue weighted by atomic mass is 10.1.